The van der Waals surface area contributed by atoms with Crippen LogP contribution in [0.4, 0.5) is 91.7 Å². The van der Waals surface area contributed by atoms with E-state index in [1.54, 1.807) is 33.0 Å². The van der Waals surface area contributed by atoms with Gasteiger partial charge in [0.2, 0.25) is 17.7 Å². The number of nitrogens with two attached hydrogens (primary N) is 2. The number of Topliss-reactive ketones (excluding diaryl/α,β-unsaturated/α-hetero) is 1. The molecule has 0 unspecified atom stereocenters. The number of amides is 3. The molecule has 0 aliphatic heterocycles. The minimum absolute atomic E-state index is 0. The van der Waals surface area contributed by atoms with Gasteiger partial charge in [-0.25, -0.2) is 53.9 Å². The molecule has 2 atom stereocenters. The van der Waals surface area contributed by atoms with Crippen LogP contribution >= 0.6 is 0 Å². The van der Waals surface area contributed by atoms with Gasteiger partial charge >= 0.3 is 36.6 Å². The number of nitrogen functional groups attached to an aromatic ring is 2. The number of halogens is 13. The van der Waals surface area contributed by atoms with Crippen molar-refractivity contribution in [3.8, 4) is 45.6 Å². The van der Waals surface area contributed by atoms with E-state index >= 15 is 0 Å². The van der Waals surface area contributed by atoms with Gasteiger partial charge in [0.25, 0.3) is 11.1 Å². The highest BCUT2D eigenvalue weighted by Crippen LogP contribution is 2.28. The van der Waals surface area contributed by atoms with Crippen molar-refractivity contribution >= 4 is 70.1 Å². The number of hydrogen-bond donors (Lipinski definition) is 15. The zero-order chi connectivity index (χ0) is 80.3. The minimum atomic E-state index is -4.59. The van der Waals surface area contributed by atoms with Gasteiger partial charge in [-0.15, -0.1) is 0 Å². The van der Waals surface area contributed by atoms with Gasteiger partial charge in [-0.3, -0.25) is 28.8 Å². The molecule has 0 spiro atoms. The number of H-pyrrole nitrogens is 4. The van der Waals surface area contributed by atoms with Crippen molar-refractivity contribution in [3.05, 3.63) is 130 Å². The fourth-order valence-corrected chi connectivity index (χ4v) is 8.60. The SMILES string of the molecule is CC(C)(Nc1ccnc(-c2c[nH]c(=O)c(N)c2)n1)C(=O)NCC(F)(F)F.CC(C)(Nc1nc(-c2c[nH]c(C(=O)O)c2)ncc1F)C(=O)NCC(F)(F)F.CC(C)[C@@H](Nc1ccnc(-c2c[nH]c(=O)c(N)c2)n1)C(=O)NCC(F)(F)F.CC(C)[C@@H](Nc1ccnc(-c2c[nH]c(C(=O)O)c2)n1)C(=O)CCC(F)(F)F.[HH].[HH].[HH].[HH].[HH].[HH].[HH].[HH].[HH].[HH].[HH].[HH].[HH].[HH]. The summed E-state index contributed by atoms with van der Waals surface area (Å²) in [7, 11) is 0. The van der Waals surface area contributed by atoms with Crippen molar-refractivity contribution in [2.24, 2.45) is 11.8 Å². The first kappa shape index (κ1) is 85.3. The van der Waals surface area contributed by atoms with E-state index in [1.807, 2.05) is 10.6 Å². The van der Waals surface area contributed by atoms with Crippen LogP contribution in [0.25, 0.3) is 45.6 Å². The highest BCUT2D eigenvalue weighted by molar-refractivity contribution is 5.91. The Labute approximate surface area is 616 Å². The lowest BCUT2D eigenvalue weighted by Crippen LogP contribution is -2.50. The van der Waals surface area contributed by atoms with Gasteiger partial charge in [-0.2, -0.15) is 52.7 Å². The number of carbonyl (C=O) groups is 6. The average molecular weight is 1560 g/mol. The van der Waals surface area contributed by atoms with Crippen LogP contribution in [-0.2, 0) is 19.2 Å². The van der Waals surface area contributed by atoms with E-state index in [9.17, 15) is 95.4 Å². The normalized spacial score (nSPS) is 12.3. The Morgan fingerprint density at radius 2 is 0.860 bits per heavy atom. The summed E-state index contributed by atoms with van der Waals surface area (Å²) in [6, 6.07) is 8.01. The maximum Gasteiger partial charge on any atom is 0.405 e. The van der Waals surface area contributed by atoms with Gasteiger partial charge in [0, 0.05) is 92.0 Å². The zero-order valence-corrected chi connectivity index (χ0v) is 57.3. The maximum atomic E-state index is 14.0. The van der Waals surface area contributed by atoms with Gasteiger partial charge in [0.1, 0.15) is 65.6 Å². The lowest BCUT2D eigenvalue weighted by Gasteiger charge is -2.26. The molecule has 0 saturated carbocycles. The number of nitrogens with one attached hydrogen (secondary N) is 11. The van der Waals surface area contributed by atoms with E-state index in [1.165, 1.54) is 114 Å². The quantitative estimate of drug-likeness (QED) is 0.0236. The van der Waals surface area contributed by atoms with Crippen molar-refractivity contribution in [2.45, 2.75) is 116 Å². The number of aromatic nitrogens is 12. The van der Waals surface area contributed by atoms with Gasteiger partial charge in [-0.05, 0) is 82.0 Å². The Bertz CT molecular complexity index is 4600. The van der Waals surface area contributed by atoms with Gasteiger partial charge in [0.15, 0.2) is 40.7 Å². The number of carboxylic acid groups (broad SMARTS) is 2. The predicted octanol–water partition coefficient (Wildman–Crippen LogP) is 12.0. The second-order valence-electron chi connectivity index (χ2n) is 24.5. The molecule has 8 heterocycles. The molecule has 0 aliphatic rings. The molecular formula is C63H98F13N21O10. The smallest absolute Gasteiger partial charge is 0.405 e. The van der Waals surface area contributed by atoms with Crippen LogP contribution in [0, 0.1) is 17.7 Å². The third kappa shape index (κ3) is 27.7. The number of carbonyl (C=O) groups excluding carboxylic acids is 4. The van der Waals surface area contributed by atoms with Crippen molar-refractivity contribution in [3.63, 3.8) is 0 Å². The predicted molar refractivity (Wildman–Crippen MR) is 390 cm³/mol. The molecule has 0 saturated heterocycles. The number of hydrogen-bond acceptors (Lipinski definition) is 22. The molecule has 44 heteroatoms. The first-order valence-electron chi connectivity index (χ1n) is 31.1. The molecule has 8 rings (SSSR count). The Kier molecular flexibility index (Phi) is 28.7. The Morgan fingerprint density at radius 1 is 0.495 bits per heavy atom. The summed E-state index contributed by atoms with van der Waals surface area (Å²) >= 11 is 0. The third-order valence-electron chi connectivity index (χ3n) is 14.0. The summed E-state index contributed by atoms with van der Waals surface area (Å²) in [4.78, 5) is 135. The van der Waals surface area contributed by atoms with E-state index < -0.39 is 139 Å². The number of nitrogens with zero attached hydrogens (tertiary/aromatic N) is 8. The molecule has 17 N–H and O–H groups in total. The number of rotatable bonds is 25. The topological polar surface area (TPSA) is 480 Å². The van der Waals surface area contributed by atoms with Crippen molar-refractivity contribution in [1.82, 2.24) is 75.8 Å². The molecule has 0 bridgehead atoms. The molecule has 606 valence electrons. The number of aromatic amines is 4. The lowest BCUT2D eigenvalue weighted by molar-refractivity contribution is -0.143. The third-order valence-corrected chi connectivity index (χ3v) is 14.0. The van der Waals surface area contributed by atoms with E-state index in [0.717, 1.165) is 6.20 Å². The molecule has 3 amide bonds. The molecule has 0 aliphatic carbocycles. The highest BCUT2D eigenvalue weighted by Gasteiger charge is 2.37. The number of anilines is 6. The van der Waals surface area contributed by atoms with E-state index in [-0.39, 0.29) is 101 Å². The van der Waals surface area contributed by atoms with Gasteiger partial charge < -0.3 is 78.8 Å². The van der Waals surface area contributed by atoms with Crippen molar-refractivity contribution in [2.75, 3.05) is 52.4 Å². The van der Waals surface area contributed by atoms with Crippen LogP contribution in [0.5, 0.6) is 0 Å². The zero-order valence-electron chi connectivity index (χ0n) is 57.3. The van der Waals surface area contributed by atoms with Crippen LogP contribution in [0.15, 0.2) is 102 Å². The number of aromatic carboxylic acids is 2. The molecule has 0 aromatic carbocycles. The first-order valence-corrected chi connectivity index (χ1v) is 31.1. The second kappa shape index (κ2) is 35.9. The summed E-state index contributed by atoms with van der Waals surface area (Å²) in [6.45, 7) is 7.77. The van der Waals surface area contributed by atoms with Gasteiger partial charge in [0.05, 0.1) is 30.0 Å². The summed E-state index contributed by atoms with van der Waals surface area (Å²) in [5.41, 5.74) is 8.58. The fraction of sp³-hybridized carbons (Fsp3) is 0.365. The summed E-state index contributed by atoms with van der Waals surface area (Å²) in [6.07, 6.45) is -9.27. The first-order chi connectivity index (χ1) is 49.5. The fourth-order valence-electron chi connectivity index (χ4n) is 8.60. The molecular weight excluding hydrogens is 1460 g/mol. The maximum absolute atomic E-state index is 14.0. The summed E-state index contributed by atoms with van der Waals surface area (Å²) < 4.78 is 161. The van der Waals surface area contributed by atoms with E-state index in [4.69, 9.17) is 21.7 Å². The van der Waals surface area contributed by atoms with E-state index in [0.29, 0.717) is 16.7 Å². The minimum Gasteiger partial charge on any atom is -0.477 e. The number of pyridine rings is 2. The van der Waals surface area contributed by atoms with E-state index in [2.05, 4.69) is 81.1 Å². The Morgan fingerprint density at radius 3 is 1.24 bits per heavy atom. The summed E-state index contributed by atoms with van der Waals surface area (Å²) in [5, 5.41) is 34.1. The van der Waals surface area contributed by atoms with Crippen LogP contribution < -0.4 is 59.8 Å². The Hall–Kier alpha value is -12.3. The number of alkyl halides is 12. The van der Waals surface area contributed by atoms with Crippen LogP contribution in [0.3, 0.4) is 0 Å². The number of carboxylic acids is 2. The molecule has 0 fully saturated rings. The standard InChI is InChI=1S/C17H19F3N4O3.C16H19F3N6O2.C15H15F4N5O3.C15H17F3N6O2.14H2/c1-9(2)14(12(25)3-5-17(18,19)20)23-13-4-6-21-15(24-13)10-7-11(16(26)27)22-8-10;1-8(2)12(15(27)23-7-16(17,18)19)24-11-3-4-21-13(25-11)9-5-10(20)14(26)22-6-9;1-14(2,13(27)22-6-15(17,18)19)24-11-8(16)5-21-10(23-11)7-3-9(12(25)26)20-4-7;1-14(2,13(26)22-7-15(16,17)18)24-10-3-4-20-11(23-10)8-5-9(19)12(25)21-6-8;;;;;;;;;;;;;;/h4,6-9,14,22H,3,5H2,1-2H3,(H,26,27)(H,21,23,24);3-6,8,12H,7,20H2,1-2H3,(H,22,26)(H,23,27)(H,21,24,25);3-5,20H,6H2,1-2H3,(H,22,27)(H,25,26)(H,21,23,24);3-6H,7,19H2,1-2H3,(H,21,25)(H,22,26)(H,20,23,24);14*1H/t14-;12-;;;;;;;;;;;;;;;;/m11................/s1. The highest BCUT2D eigenvalue weighted by atomic mass is 19.4. The van der Waals surface area contributed by atoms with Crippen LogP contribution in [-0.4, -0.2) is 173 Å². The number of ketones is 1. The largest absolute Gasteiger partial charge is 0.477 e. The Balaban J connectivity index is -0.000000163. The molecule has 8 aromatic rings. The van der Waals surface area contributed by atoms with Crippen LogP contribution in [0.1, 0.15) is 109 Å². The van der Waals surface area contributed by atoms with Crippen molar-refractivity contribution in [1.29, 1.82) is 0 Å². The molecule has 0 radical (unpaired) electrons. The molecule has 8 aromatic heterocycles. The molecule has 107 heavy (non-hydrogen) atoms. The second-order valence-corrected chi connectivity index (χ2v) is 24.5. The van der Waals surface area contributed by atoms with Gasteiger partial charge in [-0.1, -0.05) is 27.7 Å². The lowest BCUT2D eigenvalue weighted by atomic mass is 9.97. The van der Waals surface area contributed by atoms with Crippen molar-refractivity contribution < 1.29 is 116 Å². The summed E-state index contributed by atoms with van der Waals surface area (Å²) in [5.74, 6) is -6.17. The monoisotopic (exact) mass is 1560 g/mol. The molecule has 31 nitrogen and oxygen atoms in total. The average Bonchev–Trinajstić information content (AvgIpc) is 1.81. The van der Waals surface area contributed by atoms with Crippen LogP contribution in [0.2, 0.25) is 0 Å².